The minimum Gasteiger partial charge on any atom is -0.342 e. The van der Waals surface area contributed by atoms with E-state index in [9.17, 15) is 4.39 Å². The van der Waals surface area contributed by atoms with Gasteiger partial charge in [-0.2, -0.15) is 0 Å². The smallest absolute Gasteiger partial charge is 0.208 e. The van der Waals surface area contributed by atoms with Gasteiger partial charge in [0.15, 0.2) is 5.01 Å². The van der Waals surface area contributed by atoms with Gasteiger partial charge in [0.25, 0.3) is 0 Å². The van der Waals surface area contributed by atoms with Gasteiger partial charge in [-0.15, -0.1) is 10.2 Å². The molecule has 110 valence electrons. The summed E-state index contributed by atoms with van der Waals surface area (Å²) >= 11 is 1.50. The molecule has 0 spiro atoms. The minimum absolute atomic E-state index is 0.233. The highest BCUT2D eigenvalue weighted by Gasteiger charge is 2.31. The maximum absolute atomic E-state index is 13.9. The quantitative estimate of drug-likeness (QED) is 0.854. The van der Waals surface area contributed by atoms with Crippen LogP contribution in [0.3, 0.4) is 0 Å². The third-order valence-electron chi connectivity index (χ3n) is 4.42. The van der Waals surface area contributed by atoms with Crippen LogP contribution in [0, 0.1) is 5.82 Å². The van der Waals surface area contributed by atoms with Gasteiger partial charge in [-0.1, -0.05) is 23.5 Å². The molecular weight excluding hydrogens is 287 g/mol. The van der Waals surface area contributed by atoms with Gasteiger partial charge in [-0.05, 0) is 25.0 Å². The lowest BCUT2D eigenvalue weighted by molar-refractivity contribution is 0.250. The van der Waals surface area contributed by atoms with Gasteiger partial charge < -0.3 is 9.80 Å². The van der Waals surface area contributed by atoms with Crippen molar-refractivity contribution < 1.29 is 4.39 Å². The molecule has 0 saturated carbocycles. The second-order valence-electron chi connectivity index (χ2n) is 5.64. The maximum Gasteiger partial charge on any atom is 0.208 e. The summed E-state index contributed by atoms with van der Waals surface area (Å²) in [6.45, 7) is 4.45. The van der Waals surface area contributed by atoms with Crippen LogP contribution >= 0.6 is 11.3 Å². The van der Waals surface area contributed by atoms with Crippen molar-refractivity contribution in [3.63, 3.8) is 0 Å². The molecule has 0 unspecified atom stereocenters. The molecule has 4 nitrogen and oxygen atoms in total. The lowest BCUT2D eigenvalue weighted by Gasteiger charge is -2.30. The molecule has 3 fully saturated rings. The maximum atomic E-state index is 13.9. The molecule has 0 radical (unpaired) electrons. The van der Waals surface area contributed by atoms with Crippen LogP contribution in [0.15, 0.2) is 24.3 Å². The first kappa shape index (κ1) is 13.2. The van der Waals surface area contributed by atoms with Crippen molar-refractivity contribution in [2.24, 2.45) is 0 Å². The fourth-order valence-electron chi connectivity index (χ4n) is 3.21. The Morgan fingerprint density at radius 2 is 1.86 bits per heavy atom. The largest absolute Gasteiger partial charge is 0.342 e. The van der Waals surface area contributed by atoms with Gasteiger partial charge in [0.05, 0.1) is 0 Å². The van der Waals surface area contributed by atoms with E-state index in [0.29, 0.717) is 16.6 Å². The molecule has 2 aromatic rings. The van der Waals surface area contributed by atoms with Crippen LogP contribution in [0.2, 0.25) is 0 Å². The van der Waals surface area contributed by atoms with Crippen molar-refractivity contribution in [1.29, 1.82) is 0 Å². The van der Waals surface area contributed by atoms with Crippen LogP contribution in [0.5, 0.6) is 0 Å². The van der Waals surface area contributed by atoms with Gasteiger partial charge in [0.2, 0.25) is 5.13 Å². The second-order valence-corrected chi connectivity index (χ2v) is 6.59. The highest BCUT2D eigenvalue weighted by atomic mass is 32.1. The van der Waals surface area contributed by atoms with E-state index >= 15 is 0 Å². The van der Waals surface area contributed by atoms with Crippen LogP contribution in [0.25, 0.3) is 10.6 Å². The van der Waals surface area contributed by atoms with Crippen LogP contribution in [0.4, 0.5) is 9.52 Å². The molecule has 6 heteroatoms. The van der Waals surface area contributed by atoms with Gasteiger partial charge in [-0.25, -0.2) is 4.39 Å². The molecule has 1 aromatic carbocycles. The summed E-state index contributed by atoms with van der Waals surface area (Å²) in [7, 11) is 0. The molecule has 0 amide bonds. The molecule has 3 aliphatic rings. The highest BCUT2D eigenvalue weighted by Crippen LogP contribution is 2.33. The van der Waals surface area contributed by atoms with E-state index in [1.54, 1.807) is 12.1 Å². The minimum atomic E-state index is -0.233. The van der Waals surface area contributed by atoms with Crippen LogP contribution in [-0.2, 0) is 0 Å². The zero-order valence-corrected chi connectivity index (χ0v) is 12.5. The van der Waals surface area contributed by atoms with Crippen molar-refractivity contribution in [1.82, 2.24) is 15.1 Å². The Morgan fingerprint density at radius 1 is 1.05 bits per heavy atom. The summed E-state index contributed by atoms with van der Waals surface area (Å²) in [4.78, 5) is 4.88. The summed E-state index contributed by atoms with van der Waals surface area (Å²) in [5.41, 5.74) is 0.545. The lowest BCUT2D eigenvalue weighted by Crippen LogP contribution is -2.37. The molecule has 21 heavy (non-hydrogen) atoms. The van der Waals surface area contributed by atoms with Gasteiger partial charge in [-0.3, -0.25) is 0 Å². The van der Waals surface area contributed by atoms with E-state index in [4.69, 9.17) is 0 Å². The number of nitrogens with zero attached hydrogens (tertiary/aromatic N) is 4. The van der Waals surface area contributed by atoms with Crippen LogP contribution in [0.1, 0.15) is 12.8 Å². The topological polar surface area (TPSA) is 32.3 Å². The average Bonchev–Trinajstić information content (AvgIpc) is 2.80. The van der Waals surface area contributed by atoms with Crippen LogP contribution < -0.4 is 4.90 Å². The average molecular weight is 304 g/mol. The lowest BCUT2D eigenvalue weighted by atomic mass is 10.1. The zero-order chi connectivity index (χ0) is 14.2. The number of benzene rings is 1. The third kappa shape index (κ3) is 2.42. The Morgan fingerprint density at radius 3 is 2.67 bits per heavy atom. The number of hydrogen-bond acceptors (Lipinski definition) is 5. The SMILES string of the molecule is Fc1ccccc1-c1nnc(N2CCN3CCC2CC3)s1. The zero-order valence-electron chi connectivity index (χ0n) is 11.7. The Hall–Kier alpha value is -1.53. The first-order valence-electron chi connectivity index (χ1n) is 7.39. The number of fused-ring (bicyclic) bond motifs is 4. The molecular formula is C15H17FN4S. The van der Waals surface area contributed by atoms with E-state index in [1.165, 1.54) is 43.3 Å². The van der Waals surface area contributed by atoms with E-state index in [-0.39, 0.29) is 5.82 Å². The molecule has 3 aliphatic heterocycles. The molecule has 0 aliphatic carbocycles. The van der Waals surface area contributed by atoms with Gasteiger partial charge in [0, 0.05) is 37.8 Å². The van der Waals surface area contributed by atoms with E-state index in [1.807, 2.05) is 6.07 Å². The molecule has 2 bridgehead atoms. The van der Waals surface area contributed by atoms with Crippen molar-refractivity contribution >= 4 is 16.5 Å². The first-order valence-corrected chi connectivity index (χ1v) is 8.20. The van der Waals surface area contributed by atoms with E-state index < -0.39 is 0 Å². The summed E-state index contributed by atoms with van der Waals surface area (Å²) in [6, 6.07) is 7.32. The Labute approximate surface area is 127 Å². The van der Waals surface area contributed by atoms with E-state index in [0.717, 1.165) is 18.2 Å². The Balaban J connectivity index is 1.64. The van der Waals surface area contributed by atoms with Crippen LogP contribution in [-0.4, -0.2) is 47.3 Å². The Kier molecular flexibility index (Phi) is 3.35. The predicted octanol–water partition coefficient (Wildman–Crippen LogP) is 2.63. The fraction of sp³-hybridized carbons (Fsp3) is 0.467. The Bertz CT molecular complexity index is 636. The van der Waals surface area contributed by atoms with Crippen molar-refractivity contribution in [3.8, 4) is 10.6 Å². The summed E-state index contributed by atoms with van der Waals surface area (Å²) < 4.78 is 13.9. The first-order chi connectivity index (χ1) is 10.3. The number of piperidine rings is 1. The van der Waals surface area contributed by atoms with Gasteiger partial charge in [0.1, 0.15) is 5.82 Å². The molecule has 4 heterocycles. The van der Waals surface area contributed by atoms with Gasteiger partial charge >= 0.3 is 0 Å². The summed E-state index contributed by atoms with van der Waals surface area (Å²) in [5.74, 6) is -0.233. The third-order valence-corrected chi connectivity index (χ3v) is 5.41. The number of aromatic nitrogens is 2. The highest BCUT2D eigenvalue weighted by molar-refractivity contribution is 7.18. The number of halogens is 1. The monoisotopic (exact) mass is 304 g/mol. The fourth-order valence-corrected chi connectivity index (χ4v) is 4.18. The number of anilines is 1. The van der Waals surface area contributed by atoms with Crippen molar-refractivity contribution in [2.45, 2.75) is 18.9 Å². The standard InChI is InChI=1S/C15H17FN4S/c16-13-4-2-1-3-12(13)14-17-18-15(21-14)20-10-9-19-7-5-11(20)6-8-19/h1-4,11H,5-10H2. The van der Waals surface area contributed by atoms with Crippen molar-refractivity contribution in [2.75, 3.05) is 31.1 Å². The molecule has 3 saturated heterocycles. The van der Waals surface area contributed by atoms with Crippen molar-refractivity contribution in [3.05, 3.63) is 30.1 Å². The molecule has 0 atom stereocenters. The van der Waals surface area contributed by atoms with E-state index in [2.05, 4.69) is 20.0 Å². The normalized spacial score (nSPS) is 25.1. The molecule has 0 N–H and O–H groups in total. The molecule has 5 rings (SSSR count). The number of hydrogen-bond donors (Lipinski definition) is 0. The summed E-state index contributed by atoms with van der Waals surface area (Å²) in [5, 5.41) is 10.1. The second kappa shape index (κ2) is 5.35. The molecule has 1 aromatic heterocycles. The number of rotatable bonds is 2. The summed E-state index contributed by atoms with van der Waals surface area (Å²) in [6.07, 6.45) is 2.38. The predicted molar refractivity (Wildman–Crippen MR) is 82.1 cm³/mol.